The van der Waals surface area contributed by atoms with Gasteiger partial charge in [-0.2, -0.15) is 0 Å². The van der Waals surface area contributed by atoms with Crippen LogP contribution in [0.25, 0.3) is 10.4 Å². The van der Waals surface area contributed by atoms with Crippen molar-refractivity contribution in [2.24, 2.45) is 10.8 Å². The van der Waals surface area contributed by atoms with E-state index in [1.807, 2.05) is 24.3 Å². The van der Waals surface area contributed by atoms with E-state index >= 15 is 0 Å². The molecule has 0 unspecified atom stereocenters. The number of aliphatic hydroxyl groups excluding tert-OH is 2. The first kappa shape index (κ1) is 39.6. The average molecular weight is 798 g/mol. The highest BCUT2D eigenvalue weighted by Crippen LogP contribution is 2.42. The summed E-state index contributed by atoms with van der Waals surface area (Å²) in [5.41, 5.74) is 24.8. The van der Waals surface area contributed by atoms with Gasteiger partial charge in [0, 0.05) is 39.4 Å². The maximum atomic E-state index is 13.1. The maximum absolute atomic E-state index is 13.1. The van der Waals surface area contributed by atoms with Gasteiger partial charge in [0.15, 0.2) is 0 Å². The number of para-hydroxylation sites is 4. The average Bonchev–Trinajstić information content (AvgIpc) is 3.52. The predicted octanol–water partition coefficient (Wildman–Crippen LogP) is 8.29. The molecule has 6 atom stereocenters. The zero-order valence-corrected chi connectivity index (χ0v) is 33.3. The summed E-state index contributed by atoms with van der Waals surface area (Å²) >= 11 is 0. The number of fused-ring (bicyclic) bond motifs is 4. The molecule has 0 aromatic heterocycles. The lowest BCUT2D eigenvalue weighted by molar-refractivity contribution is 0.0812. The van der Waals surface area contributed by atoms with Crippen LogP contribution in [0.2, 0.25) is 0 Å². The highest BCUT2D eigenvalue weighted by atomic mass is 32.2. The van der Waals surface area contributed by atoms with Crippen LogP contribution >= 0.6 is 0 Å². The molecule has 2 aliphatic carbocycles. The molecule has 12 heteroatoms. The van der Waals surface area contributed by atoms with Crippen molar-refractivity contribution < 1.29 is 18.6 Å². The summed E-state index contributed by atoms with van der Waals surface area (Å²) in [4.78, 5) is 7.36. The number of benzene rings is 5. The van der Waals surface area contributed by atoms with Crippen molar-refractivity contribution in [3.8, 4) is 0 Å². The van der Waals surface area contributed by atoms with Gasteiger partial charge in [-0.05, 0) is 128 Å². The third-order valence-electron chi connectivity index (χ3n) is 12.3. The van der Waals surface area contributed by atoms with E-state index in [4.69, 9.17) is 11.3 Å². The van der Waals surface area contributed by atoms with Crippen LogP contribution in [0.1, 0.15) is 60.8 Å². The quantitative estimate of drug-likeness (QED) is 0.0762. The third-order valence-corrected chi connectivity index (χ3v) is 13.8. The highest BCUT2D eigenvalue weighted by molar-refractivity contribution is 7.89. The molecule has 0 amide bonds. The zero-order valence-electron chi connectivity index (χ0n) is 32.5. The minimum absolute atomic E-state index is 0.0548. The molecular formula is C46H51N7O4S. The van der Waals surface area contributed by atoms with E-state index in [1.165, 1.54) is 57.9 Å². The summed E-state index contributed by atoms with van der Waals surface area (Å²) in [7, 11) is -3.87. The predicted molar refractivity (Wildman–Crippen MR) is 229 cm³/mol. The van der Waals surface area contributed by atoms with Crippen molar-refractivity contribution in [1.29, 1.82) is 0 Å². The Kier molecular flexibility index (Phi) is 11.8. The van der Waals surface area contributed by atoms with Crippen LogP contribution in [0.15, 0.2) is 131 Å². The summed E-state index contributed by atoms with van der Waals surface area (Å²) in [6.45, 7) is 0. The molecule has 2 aliphatic heterocycles. The molecule has 4 aliphatic rings. The number of azide groups is 1. The number of aliphatic hydroxyl groups is 2. The van der Waals surface area contributed by atoms with Crippen molar-refractivity contribution in [1.82, 2.24) is 4.72 Å². The number of rotatable bonds is 6. The third kappa shape index (κ3) is 8.09. The summed E-state index contributed by atoms with van der Waals surface area (Å²) in [5.74, 6) is 0. The number of sulfonamides is 1. The molecule has 5 aromatic rings. The van der Waals surface area contributed by atoms with Crippen LogP contribution in [0, 0.1) is 0 Å². The molecule has 0 saturated heterocycles. The largest absolute Gasteiger partial charge is 0.389 e. The van der Waals surface area contributed by atoms with Crippen LogP contribution < -0.4 is 20.3 Å². The Labute approximate surface area is 340 Å². The highest BCUT2D eigenvalue weighted by Gasteiger charge is 2.40. The fourth-order valence-electron chi connectivity index (χ4n) is 9.39. The van der Waals surface area contributed by atoms with Crippen molar-refractivity contribution in [3.05, 3.63) is 154 Å². The van der Waals surface area contributed by atoms with Crippen LogP contribution in [0.3, 0.4) is 0 Å². The molecule has 300 valence electrons. The maximum Gasteiger partial charge on any atom is 0.240 e. The molecule has 11 nitrogen and oxygen atoms in total. The number of hydrogen-bond donors (Lipinski definition) is 4. The SMILES string of the molecule is N[C@@H]1CCC[C@H](N2c3ccccc3CCc3ccccc32)[C@H]1O.[N-]=[N+]=Nc1ccc(S(=O)(=O)N[C@@H]2CCC[C@H](N3c4ccccc4CCc4ccccc43)[C@H]2O)cc1. The molecule has 5 aromatic carbocycles. The summed E-state index contributed by atoms with van der Waals surface area (Å²) in [6, 6.07) is 38.5. The molecule has 9 rings (SSSR count). The van der Waals surface area contributed by atoms with Gasteiger partial charge in [0.1, 0.15) is 0 Å². The van der Waals surface area contributed by atoms with Crippen molar-refractivity contribution >= 4 is 38.5 Å². The lowest BCUT2D eigenvalue weighted by atomic mass is 9.86. The minimum Gasteiger partial charge on any atom is -0.389 e. The monoisotopic (exact) mass is 797 g/mol. The number of nitrogens with two attached hydrogens (primary N) is 1. The van der Waals surface area contributed by atoms with Gasteiger partial charge in [-0.3, -0.25) is 0 Å². The summed E-state index contributed by atoms with van der Waals surface area (Å²) in [5, 5.41) is 25.8. The van der Waals surface area contributed by atoms with Crippen molar-refractivity contribution in [2.75, 3.05) is 9.80 Å². The first-order valence-electron chi connectivity index (χ1n) is 20.4. The van der Waals surface area contributed by atoms with Gasteiger partial charge in [0.2, 0.25) is 10.0 Å². The molecule has 2 heterocycles. The fraction of sp³-hybridized carbons (Fsp3) is 0.348. The fourth-order valence-corrected chi connectivity index (χ4v) is 10.7. The Morgan fingerprint density at radius 2 is 1.02 bits per heavy atom. The Hall–Kier alpha value is -5.20. The van der Waals surface area contributed by atoms with E-state index in [0.717, 1.165) is 69.2 Å². The van der Waals surface area contributed by atoms with Gasteiger partial charge >= 0.3 is 0 Å². The standard InChI is InChI=1S/C26H27N5O3S.C20H24N2O/c27-30-28-20-14-16-21(17-15-20)35(33,34)29-22-8-5-11-25(26(22)32)31-23-9-3-1-6-18(23)12-13-19-7-2-4-10-24(19)31;21-16-8-5-11-19(20(16)23)22-17-9-3-1-6-14(17)12-13-15-7-2-4-10-18(15)22/h1-4,6-7,9-10,14-17,22,25-26,29,32H,5,8,11-13H2;1-4,6-7,9-10,16,19-20,23H,5,8,11-13,21H2/t22-,25+,26+;16-,19+,20+/m11/s1. The van der Waals surface area contributed by atoms with Crippen LogP contribution in [-0.4, -0.2) is 55.0 Å². The second-order valence-corrected chi connectivity index (χ2v) is 17.5. The van der Waals surface area contributed by atoms with Crippen molar-refractivity contribution in [3.63, 3.8) is 0 Å². The van der Waals surface area contributed by atoms with E-state index in [-0.39, 0.29) is 23.0 Å². The van der Waals surface area contributed by atoms with Gasteiger partial charge in [-0.25, -0.2) is 13.1 Å². The van der Waals surface area contributed by atoms with E-state index in [0.29, 0.717) is 12.1 Å². The Morgan fingerprint density at radius 1 is 0.603 bits per heavy atom. The normalized spacial score (nSPS) is 23.9. The van der Waals surface area contributed by atoms with Gasteiger partial charge in [0.05, 0.1) is 35.2 Å². The molecule has 2 saturated carbocycles. The summed E-state index contributed by atoms with van der Waals surface area (Å²) < 4.78 is 29.0. The van der Waals surface area contributed by atoms with Crippen LogP contribution in [0.5, 0.6) is 0 Å². The van der Waals surface area contributed by atoms with Crippen molar-refractivity contribution in [2.45, 2.75) is 105 Å². The first-order valence-corrected chi connectivity index (χ1v) is 21.9. The molecule has 5 N–H and O–H groups in total. The summed E-state index contributed by atoms with van der Waals surface area (Å²) in [6.07, 6.45) is 7.57. The van der Waals surface area contributed by atoms with Crippen LogP contribution in [-0.2, 0) is 35.7 Å². The van der Waals surface area contributed by atoms with Gasteiger partial charge in [-0.1, -0.05) is 90.0 Å². The van der Waals surface area contributed by atoms with E-state index in [9.17, 15) is 18.6 Å². The Morgan fingerprint density at radius 3 is 1.47 bits per heavy atom. The second kappa shape index (κ2) is 17.3. The molecular weight excluding hydrogens is 747 g/mol. The smallest absolute Gasteiger partial charge is 0.240 e. The lowest BCUT2D eigenvalue weighted by Crippen LogP contribution is -2.55. The van der Waals surface area contributed by atoms with Gasteiger partial charge in [0.25, 0.3) is 0 Å². The number of hydrogen-bond acceptors (Lipinski definition) is 8. The number of aryl methyl sites for hydroxylation is 4. The number of anilines is 4. The van der Waals surface area contributed by atoms with E-state index < -0.39 is 28.3 Å². The molecule has 0 radical (unpaired) electrons. The number of nitrogens with zero attached hydrogens (tertiary/aromatic N) is 5. The molecule has 0 bridgehead atoms. The zero-order chi connectivity index (χ0) is 40.2. The molecule has 0 spiro atoms. The Balaban J connectivity index is 0.000000176. The molecule has 2 fully saturated rings. The van der Waals surface area contributed by atoms with Gasteiger partial charge < -0.3 is 25.7 Å². The second-order valence-electron chi connectivity index (χ2n) is 15.8. The minimum atomic E-state index is -3.87. The van der Waals surface area contributed by atoms with Crippen LogP contribution in [0.4, 0.5) is 28.4 Å². The molecule has 58 heavy (non-hydrogen) atoms. The van der Waals surface area contributed by atoms with E-state index in [2.05, 4.69) is 97.3 Å². The Bertz CT molecular complexity index is 2290. The topological polar surface area (TPSA) is 168 Å². The van der Waals surface area contributed by atoms with E-state index in [1.54, 1.807) is 0 Å². The lowest BCUT2D eigenvalue weighted by Gasteiger charge is -2.43. The number of nitrogens with one attached hydrogen (secondary N) is 1. The van der Waals surface area contributed by atoms with Gasteiger partial charge in [-0.15, -0.1) is 0 Å². The first-order chi connectivity index (χ1) is 28.2.